The Balaban J connectivity index is 1.47. The van der Waals surface area contributed by atoms with Crippen LogP contribution in [0.2, 0.25) is 0 Å². The van der Waals surface area contributed by atoms with Crippen LogP contribution in [0.5, 0.6) is 5.75 Å². The van der Waals surface area contributed by atoms with E-state index >= 15 is 0 Å². The van der Waals surface area contributed by atoms with E-state index in [0.29, 0.717) is 29.9 Å². The third-order valence-corrected chi connectivity index (χ3v) is 7.35. The van der Waals surface area contributed by atoms with E-state index in [1.165, 1.54) is 38.5 Å². The van der Waals surface area contributed by atoms with Crippen LogP contribution in [0.25, 0.3) is 0 Å². The van der Waals surface area contributed by atoms with Crippen LogP contribution >= 0.6 is 22.6 Å². The molecule has 1 saturated carbocycles. The summed E-state index contributed by atoms with van der Waals surface area (Å²) in [4.78, 5) is 16.3. The number of hydrogen-bond donors (Lipinski definition) is 5. The highest BCUT2D eigenvalue weighted by atomic mass is 127. The standard InChI is InChI=1S/C23H35IN8O/c1-2-32-13-7-10-18(32)15-25-21-27-22(26-17-11-12-20(33)19(24)14-17)29-23(28-21)31-30-16-8-5-3-4-6-9-16/h11-12,14,16,18,30,33H,2-10,13,15H2,1H3,(H3,25,26,27,28,29,31). The van der Waals surface area contributed by atoms with E-state index in [1.54, 1.807) is 6.07 Å². The Hall–Kier alpha value is -1.92. The number of nitrogens with one attached hydrogen (secondary N) is 4. The molecule has 0 radical (unpaired) electrons. The Bertz CT molecular complexity index is 906. The molecule has 0 bridgehead atoms. The highest BCUT2D eigenvalue weighted by Gasteiger charge is 2.23. The van der Waals surface area contributed by atoms with Crippen LogP contribution in [0.1, 0.15) is 58.3 Å². The van der Waals surface area contributed by atoms with Gasteiger partial charge in [0, 0.05) is 24.3 Å². The largest absolute Gasteiger partial charge is 0.507 e. The molecule has 4 rings (SSSR count). The zero-order valence-corrected chi connectivity index (χ0v) is 21.4. The lowest BCUT2D eigenvalue weighted by Crippen LogP contribution is -2.35. The molecule has 33 heavy (non-hydrogen) atoms. The zero-order chi connectivity index (χ0) is 23.0. The molecule has 5 N–H and O–H groups in total. The highest BCUT2D eigenvalue weighted by Crippen LogP contribution is 2.25. The van der Waals surface area contributed by atoms with Gasteiger partial charge in [-0.05, 0) is 79.6 Å². The monoisotopic (exact) mass is 566 g/mol. The Labute approximate surface area is 209 Å². The number of halogens is 1. The van der Waals surface area contributed by atoms with Gasteiger partial charge in [0.15, 0.2) is 0 Å². The molecule has 0 spiro atoms. The average Bonchev–Trinajstić information content (AvgIpc) is 3.11. The number of hydrogen-bond acceptors (Lipinski definition) is 9. The molecule has 0 amide bonds. The van der Waals surface area contributed by atoms with Crippen molar-refractivity contribution >= 4 is 46.1 Å². The quantitative estimate of drug-likeness (QED) is 0.130. The van der Waals surface area contributed by atoms with Crippen LogP contribution in [0.15, 0.2) is 18.2 Å². The Morgan fingerprint density at radius 1 is 1.00 bits per heavy atom. The van der Waals surface area contributed by atoms with Crippen molar-refractivity contribution in [2.75, 3.05) is 35.7 Å². The number of phenols is 1. The first kappa shape index (κ1) is 24.2. The van der Waals surface area contributed by atoms with Gasteiger partial charge < -0.3 is 15.7 Å². The number of rotatable bonds is 9. The van der Waals surface area contributed by atoms with E-state index in [2.05, 4.69) is 70.9 Å². The lowest BCUT2D eigenvalue weighted by atomic mass is 10.1. The van der Waals surface area contributed by atoms with Crippen molar-refractivity contribution in [3.63, 3.8) is 0 Å². The van der Waals surface area contributed by atoms with Crippen LogP contribution in [0.3, 0.4) is 0 Å². The van der Waals surface area contributed by atoms with Crippen molar-refractivity contribution in [2.24, 2.45) is 0 Å². The molecule has 2 heterocycles. The Morgan fingerprint density at radius 2 is 1.76 bits per heavy atom. The molecule has 1 unspecified atom stereocenters. The second-order valence-electron chi connectivity index (χ2n) is 8.86. The normalized spacial score (nSPS) is 19.9. The van der Waals surface area contributed by atoms with Crippen LogP contribution in [0.4, 0.5) is 23.5 Å². The fourth-order valence-electron chi connectivity index (χ4n) is 4.62. The first-order chi connectivity index (χ1) is 16.1. The third kappa shape index (κ3) is 7.03. The number of phenolic OH excluding ortho intramolecular Hbond substituents is 1. The summed E-state index contributed by atoms with van der Waals surface area (Å²) in [7, 11) is 0. The smallest absolute Gasteiger partial charge is 0.243 e. The molecular weight excluding hydrogens is 531 g/mol. The highest BCUT2D eigenvalue weighted by molar-refractivity contribution is 14.1. The van der Waals surface area contributed by atoms with Crippen LogP contribution in [0, 0.1) is 3.57 Å². The van der Waals surface area contributed by atoms with Crippen molar-refractivity contribution in [3.8, 4) is 5.75 Å². The molecule has 2 fully saturated rings. The van der Waals surface area contributed by atoms with Gasteiger partial charge in [0.05, 0.1) is 3.57 Å². The first-order valence-electron chi connectivity index (χ1n) is 12.1. The van der Waals surface area contributed by atoms with Crippen LogP contribution in [-0.4, -0.2) is 56.7 Å². The summed E-state index contributed by atoms with van der Waals surface area (Å²) in [5.41, 5.74) is 7.47. The number of aromatic hydroxyl groups is 1. The SMILES string of the molecule is CCN1CCCC1CNc1nc(NNC2CCCCCC2)nc(Nc2ccc(O)c(I)c2)n1. The molecule has 1 atom stereocenters. The fraction of sp³-hybridized carbons (Fsp3) is 0.609. The number of anilines is 4. The van der Waals surface area contributed by atoms with E-state index in [-0.39, 0.29) is 5.75 Å². The summed E-state index contributed by atoms with van der Waals surface area (Å²) in [6.07, 6.45) is 9.89. The summed E-state index contributed by atoms with van der Waals surface area (Å²) >= 11 is 2.10. The molecule has 1 aromatic carbocycles. The minimum Gasteiger partial charge on any atom is -0.507 e. The van der Waals surface area contributed by atoms with Gasteiger partial charge in [-0.25, -0.2) is 5.43 Å². The van der Waals surface area contributed by atoms with E-state index in [0.717, 1.165) is 41.7 Å². The molecule has 1 saturated heterocycles. The molecule has 180 valence electrons. The van der Waals surface area contributed by atoms with Crippen LogP contribution < -0.4 is 21.5 Å². The molecule has 9 nitrogen and oxygen atoms in total. The van der Waals surface area contributed by atoms with Gasteiger partial charge in [-0.2, -0.15) is 15.0 Å². The maximum atomic E-state index is 9.82. The second kappa shape index (κ2) is 12.0. The predicted molar refractivity (Wildman–Crippen MR) is 141 cm³/mol. The fourth-order valence-corrected chi connectivity index (χ4v) is 5.14. The van der Waals surface area contributed by atoms with Gasteiger partial charge in [0.25, 0.3) is 0 Å². The Morgan fingerprint density at radius 3 is 2.52 bits per heavy atom. The summed E-state index contributed by atoms with van der Waals surface area (Å²) in [5.74, 6) is 1.75. The maximum absolute atomic E-state index is 9.82. The summed E-state index contributed by atoms with van der Waals surface area (Å²) < 4.78 is 0.763. The van der Waals surface area contributed by atoms with Crippen molar-refractivity contribution in [1.82, 2.24) is 25.3 Å². The van der Waals surface area contributed by atoms with Gasteiger partial charge in [-0.1, -0.05) is 32.6 Å². The summed E-state index contributed by atoms with van der Waals surface area (Å²) in [5, 5.41) is 16.5. The minimum absolute atomic E-state index is 0.256. The molecule has 1 aromatic heterocycles. The maximum Gasteiger partial charge on any atom is 0.243 e. The van der Waals surface area contributed by atoms with Crippen molar-refractivity contribution in [2.45, 2.75) is 70.4 Å². The van der Waals surface area contributed by atoms with Crippen molar-refractivity contribution in [3.05, 3.63) is 21.8 Å². The molecular formula is C23H35IN8O. The molecule has 2 aliphatic rings. The number of hydrazine groups is 1. The van der Waals surface area contributed by atoms with Gasteiger partial charge >= 0.3 is 0 Å². The lowest BCUT2D eigenvalue weighted by molar-refractivity contribution is 0.277. The van der Waals surface area contributed by atoms with Crippen molar-refractivity contribution in [1.29, 1.82) is 0 Å². The number of likely N-dealkylation sites (N-methyl/N-ethyl adjacent to an activating group) is 1. The topological polar surface area (TPSA) is 110 Å². The first-order valence-corrected chi connectivity index (χ1v) is 13.2. The van der Waals surface area contributed by atoms with E-state index in [1.807, 2.05) is 12.1 Å². The second-order valence-corrected chi connectivity index (χ2v) is 10.0. The Kier molecular flexibility index (Phi) is 8.79. The summed E-state index contributed by atoms with van der Waals surface area (Å²) in [6.45, 7) is 5.24. The van der Waals surface area contributed by atoms with E-state index in [4.69, 9.17) is 0 Å². The summed E-state index contributed by atoms with van der Waals surface area (Å²) in [6, 6.07) is 6.26. The molecule has 2 aromatic rings. The zero-order valence-electron chi connectivity index (χ0n) is 19.3. The number of aromatic nitrogens is 3. The lowest BCUT2D eigenvalue weighted by Gasteiger charge is -2.23. The number of likely N-dealkylation sites (tertiary alicyclic amines) is 1. The van der Waals surface area contributed by atoms with Crippen molar-refractivity contribution < 1.29 is 5.11 Å². The van der Waals surface area contributed by atoms with Gasteiger partial charge in [-0.15, -0.1) is 0 Å². The predicted octanol–water partition coefficient (Wildman–Crippen LogP) is 4.46. The molecule has 1 aliphatic heterocycles. The van der Waals surface area contributed by atoms with E-state index in [9.17, 15) is 5.11 Å². The minimum atomic E-state index is 0.256. The van der Waals surface area contributed by atoms with E-state index < -0.39 is 0 Å². The molecule has 1 aliphatic carbocycles. The van der Waals surface area contributed by atoms with Gasteiger partial charge in [0.2, 0.25) is 17.8 Å². The number of benzene rings is 1. The van der Waals surface area contributed by atoms with Crippen LogP contribution in [-0.2, 0) is 0 Å². The average molecular weight is 566 g/mol. The van der Waals surface area contributed by atoms with Gasteiger partial charge in [-0.3, -0.25) is 10.3 Å². The molecule has 10 heteroatoms. The number of nitrogens with zero attached hydrogens (tertiary/aromatic N) is 4. The van der Waals surface area contributed by atoms with Gasteiger partial charge in [0.1, 0.15) is 5.75 Å². The third-order valence-electron chi connectivity index (χ3n) is 6.48.